The highest BCUT2D eigenvalue weighted by molar-refractivity contribution is 5.71. The Balaban J connectivity index is 2.05. The maximum Gasteiger partial charge on any atom is 0.160 e. The first-order valence-corrected chi connectivity index (χ1v) is 6.93. The molecule has 2 aromatic heterocycles. The zero-order chi connectivity index (χ0) is 14.4. The van der Waals surface area contributed by atoms with E-state index in [0.717, 1.165) is 40.6 Å². The third kappa shape index (κ3) is 1.68. The van der Waals surface area contributed by atoms with Crippen LogP contribution in [0.1, 0.15) is 18.3 Å². The molecule has 3 aromatic rings. The maximum atomic E-state index is 5.34. The molecule has 0 unspecified atom stereocenters. The normalized spacial score (nSPS) is 12.3. The van der Waals surface area contributed by atoms with Gasteiger partial charge in [-0.15, -0.1) is 0 Å². The summed E-state index contributed by atoms with van der Waals surface area (Å²) in [5.74, 6) is 1.66. The molecule has 0 saturated carbocycles. The van der Waals surface area contributed by atoms with Crippen LogP contribution in [0.3, 0.4) is 0 Å². The van der Waals surface area contributed by atoms with E-state index in [2.05, 4.69) is 26.6 Å². The van der Waals surface area contributed by atoms with E-state index in [1.165, 1.54) is 0 Å². The van der Waals surface area contributed by atoms with Crippen LogP contribution in [0, 0.1) is 0 Å². The summed E-state index contributed by atoms with van der Waals surface area (Å²) in [6.45, 7) is 2.79. The average molecular weight is 281 g/mol. The molecular weight excluding hydrogens is 266 g/mol. The second-order valence-electron chi connectivity index (χ2n) is 4.99. The predicted molar refractivity (Wildman–Crippen MR) is 77.6 cm³/mol. The van der Waals surface area contributed by atoms with Gasteiger partial charge < -0.3 is 9.30 Å². The van der Waals surface area contributed by atoms with Crippen LogP contribution in [0.4, 0.5) is 0 Å². The van der Waals surface area contributed by atoms with Crippen molar-refractivity contribution in [3.8, 4) is 22.8 Å². The minimum absolute atomic E-state index is 0.676. The molecule has 6 nitrogen and oxygen atoms in total. The van der Waals surface area contributed by atoms with Gasteiger partial charge in [0.15, 0.2) is 5.82 Å². The number of hydrogen-bond acceptors (Lipinski definition) is 4. The number of methoxy groups -OCH3 is 1. The molecule has 1 aromatic carbocycles. The number of ether oxygens (including phenoxy) is 1. The lowest BCUT2D eigenvalue weighted by Crippen LogP contribution is -2.06. The fraction of sp³-hybridized carbons (Fsp3) is 0.267. The number of aryl methyl sites for hydroxylation is 1. The Labute approximate surface area is 122 Å². The van der Waals surface area contributed by atoms with Crippen LogP contribution >= 0.6 is 0 Å². The van der Waals surface area contributed by atoms with Crippen molar-refractivity contribution in [3.63, 3.8) is 0 Å². The van der Waals surface area contributed by atoms with Gasteiger partial charge in [0.2, 0.25) is 0 Å². The van der Waals surface area contributed by atoms with Crippen LogP contribution in [-0.4, -0.2) is 31.4 Å². The van der Waals surface area contributed by atoms with Crippen LogP contribution in [0.25, 0.3) is 17.1 Å². The number of hydrogen-bond donors (Lipinski definition) is 0. The molecule has 0 amide bonds. The van der Waals surface area contributed by atoms with Gasteiger partial charge >= 0.3 is 0 Å². The molecular formula is C15H15N5O. The van der Waals surface area contributed by atoms with Crippen LogP contribution in [-0.2, 0) is 13.0 Å². The van der Waals surface area contributed by atoms with Crippen molar-refractivity contribution in [2.75, 3.05) is 7.11 Å². The Bertz CT molecular complexity index is 817. The topological polar surface area (TPSA) is 57.8 Å². The van der Waals surface area contributed by atoms with Crippen LogP contribution in [0.5, 0.6) is 5.75 Å². The van der Waals surface area contributed by atoms with E-state index < -0.39 is 0 Å². The summed E-state index contributed by atoms with van der Waals surface area (Å²) in [7, 11) is 1.67. The van der Waals surface area contributed by atoms with Gasteiger partial charge in [-0.25, -0.2) is 14.6 Å². The molecule has 0 N–H and O–H groups in total. The molecule has 0 spiro atoms. The highest BCUT2D eigenvalue weighted by Gasteiger charge is 2.23. The third-order valence-electron chi connectivity index (χ3n) is 3.91. The molecule has 0 atom stereocenters. The Morgan fingerprint density at radius 3 is 3.00 bits per heavy atom. The first-order valence-electron chi connectivity index (χ1n) is 6.93. The summed E-state index contributed by atoms with van der Waals surface area (Å²) in [5.41, 5.74) is 4.32. The van der Waals surface area contributed by atoms with Crippen LogP contribution < -0.4 is 4.74 Å². The average Bonchev–Trinajstić information content (AvgIpc) is 3.11. The summed E-state index contributed by atoms with van der Waals surface area (Å²) in [6.07, 6.45) is 4.38. The highest BCUT2D eigenvalue weighted by atomic mass is 16.5. The summed E-state index contributed by atoms with van der Waals surface area (Å²) in [4.78, 5) is 8.94. The first-order chi connectivity index (χ1) is 10.3. The smallest absolute Gasteiger partial charge is 0.160 e. The van der Waals surface area contributed by atoms with Gasteiger partial charge in [-0.1, -0.05) is 6.92 Å². The molecule has 106 valence electrons. The molecule has 6 heteroatoms. The summed E-state index contributed by atoms with van der Waals surface area (Å²) in [6, 6.07) is 6.00. The van der Waals surface area contributed by atoms with Gasteiger partial charge in [-0.05, 0) is 24.6 Å². The Morgan fingerprint density at radius 1 is 1.29 bits per heavy atom. The van der Waals surface area contributed by atoms with Crippen molar-refractivity contribution >= 4 is 0 Å². The molecule has 0 aliphatic carbocycles. The minimum atomic E-state index is 0.676. The lowest BCUT2D eigenvalue weighted by molar-refractivity contribution is 0.415. The molecule has 0 bridgehead atoms. The zero-order valence-electron chi connectivity index (χ0n) is 11.9. The van der Waals surface area contributed by atoms with Crippen LogP contribution in [0.15, 0.2) is 30.9 Å². The van der Waals surface area contributed by atoms with Crippen molar-refractivity contribution in [1.29, 1.82) is 0 Å². The second kappa shape index (κ2) is 4.44. The standard InChI is InChI=1S/C15H15N5O/c1-3-12-14-7-20-15(16-8-18-20)11-6-10(21-2)4-5-13(11)19(14)9-17-12/h4-6,8-9H,3,7H2,1-2H3. The van der Waals surface area contributed by atoms with E-state index in [4.69, 9.17) is 4.74 Å². The zero-order valence-corrected chi connectivity index (χ0v) is 11.9. The molecule has 0 saturated heterocycles. The van der Waals surface area contributed by atoms with E-state index in [9.17, 15) is 0 Å². The number of rotatable bonds is 2. The maximum absolute atomic E-state index is 5.34. The third-order valence-corrected chi connectivity index (χ3v) is 3.91. The van der Waals surface area contributed by atoms with E-state index in [1.54, 1.807) is 13.4 Å². The quantitative estimate of drug-likeness (QED) is 0.564. The largest absolute Gasteiger partial charge is 0.497 e. The first kappa shape index (κ1) is 12.1. The van der Waals surface area contributed by atoms with Gasteiger partial charge in [0.25, 0.3) is 0 Å². The number of benzene rings is 1. The van der Waals surface area contributed by atoms with Gasteiger partial charge in [0.05, 0.1) is 37.1 Å². The van der Waals surface area contributed by atoms with E-state index >= 15 is 0 Å². The van der Waals surface area contributed by atoms with Gasteiger partial charge in [0.1, 0.15) is 12.1 Å². The molecule has 1 aliphatic rings. The lowest BCUT2D eigenvalue weighted by Gasteiger charge is -2.10. The van der Waals surface area contributed by atoms with Gasteiger partial charge in [0, 0.05) is 5.56 Å². The number of fused-ring (bicyclic) bond motifs is 5. The SMILES string of the molecule is CCc1ncn2c1Cn1ncnc1-c1cc(OC)ccc1-2. The van der Waals surface area contributed by atoms with Crippen molar-refractivity contribution in [2.24, 2.45) is 0 Å². The minimum Gasteiger partial charge on any atom is -0.497 e. The van der Waals surface area contributed by atoms with Crippen molar-refractivity contribution in [2.45, 2.75) is 19.9 Å². The number of imidazole rings is 1. The van der Waals surface area contributed by atoms with Crippen LogP contribution in [0.2, 0.25) is 0 Å². The molecule has 3 heterocycles. The van der Waals surface area contributed by atoms with Gasteiger partial charge in [-0.2, -0.15) is 5.10 Å². The fourth-order valence-electron chi connectivity index (χ4n) is 2.84. The molecule has 4 rings (SSSR count). The number of nitrogens with zero attached hydrogens (tertiary/aromatic N) is 5. The fourth-order valence-corrected chi connectivity index (χ4v) is 2.84. The summed E-state index contributed by atoms with van der Waals surface area (Å²) in [5, 5.41) is 4.35. The lowest BCUT2D eigenvalue weighted by atomic mass is 10.1. The molecule has 0 radical (unpaired) electrons. The van der Waals surface area contributed by atoms with Crippen molar-refractivity contribution in [3.05, 3.63) is 42.2 Å². The second-order valence-corrected chi connectivity index (χ2v) is 4.99. The summed E-state index contributed by atoms with van der Waals surface area (Å²) >= 11 is 0. The predicted octanol–water partition coefficient (Wildman–Crippen LogP) is 2.06. The van der Waals surface area contributed by atoms with Crippen molar-refractivity contribution in [1.82, 2.24) is 24.3 Å². The van der Waals surface area contributed by atoms with E-state index in [0.29, 0.717) is 6.54 Å². The van der Waals surface area contributed by atoms with Crippen molar-refractivity contribution < 1.29 is 4.74 Å². The Kier molecular flexibility index (Phi) is 2.57. The number of aromatic nitrogens is 5. The highest BCUT2D eigenvalue weighted by Crippen LogP contribution is 2.33. The molecule has 21 heavy (non-hydrogen) atoms. The monoisotopic (exact) mass is 281 g/mol. The summed E-state index contributed by atoms with van der Waals surface area (Å²) < 4.78 is 9.39. The molecule has 1 aliphatic heterocycles. The van der Waals surface area contributed by atoms with Gasteiger partial charge in [-0.3, -0.25) is 0 Å². The molecule has 0 fully saturated rings. The van der Waals surface area contributed by atoms with E-state index in [1.807, 2.05) is 29.2 Å². The Morgan fingerprint density at radius 2 is 2.19 bits per heavy atom. The Hall–Kier alpha value is -2.63. The van der Waals surface area contributed by atoms with E-state index in [-0.39, 0.29) is 0 Å².